The molecular weight excluding hydrogens is 404 g/mol. The third kappa shape index (κ3) is 5.12. The molecule has 0 atom stereocenters. The molecule has 1 saturated heterocycles. The lowest BCUT2D eigenvalue weighted by Crippen LogP contribution is -2.50. The Bertz CT molecular complexity index is 1050. The Morgan fingerprint density at radius 2 is 1.44 bits per heavy atom. The van der Waals surface area contributed by atoms with E-state index in [9.17, 15) is 14.9 Å². The van der Waals surface area contributed by atoms with Crippen LogP contribution < -0.4 is 9.80 Å². The summed E-state index contributed by atoms with van der Waals surface area (Å²) in [6, 6.07) is 26.5. The highest BCUT2D eigenvalue weighted by molar-refractivity contribution is 5.94. The zero-order valence-corrected chi connectivity index (χ0v) is 17.8. The smallest absolute Gasteiger partial charge is 0.292 e. The number of nitro benzene ring substituents is 1. The maximum atomic E-state index is 13.3. The van der Waals surface area contributed by atoms with Crippen LogP contribution in [0.2, 0.25) is 0 Å². The zero-order valence-electron chi connectivity index (χ0n) is 17.8. The first-order valence-electron chi connectivity index (χ1n) is 10.7. The molecule has 0 saturated carbocycles. The van der Waals surface area contributed by atoms with E-state index in [0.29, 0.717) is 45.0 Å². The van der Waals surface area contributed by atoms with E-state index in [2.05, 4.69) is 4.90 Å². The lowest BCUT2D eigenvalue weighted by Gasteiger charge is -2.36. The van der Waals surface area contributed by atoms with Gasteiger partial charge in [-0.05, 0) is 23.8 Å². The van der Waals surface area contributed by atoms with Crippen LogP contribution in [0.3, 0.4) is 0 Å². The first-order chi connectivity index (χ1) is 15.6. The number of carbonyl (C=O) groups excluding carboxylic acids is 1. The Kier molecular flexibility index (Phi) is 6.77. The van der Waals surface area contributed by atoms with Crippen LogP contribution >= 0.6 is 0 Å². The first kappa shape index (κ1) is 21.5. The lowest BCUT2D eigenvalue weighted by molar-refractivity contribution is -0.384. The van der Waals surface area contributed by atoms with Crippen molar-refractivity contribution in [1.29, 1.82) is 0 Å². The molecule has 7 heteroatoms. The Morgan fingerprint density at radius 1 is 0.844 bits per heavy atom. The molecule has 0 aromatic heterocycles. The Labute approximate surface area is 187 Å². The fraction of sp³-hybridized carbons (Fsp3) is 0.240. The highest BCUT2D eigenvalue weighted by Crippen LogP contribution is 2.28. The van der Waals surface area contributed by atoms with Crippen molar-refractivity contribution >= 4 is 23.0 Å². The van der Waals surface area contributed by atoms with Gasteiger partial charge in [-0.3, -0.25) is 19.8 Å². The van der Waals surface area contributed by atoms with Crippen LogP contribution in [-0.4, -0.2) is 48.5 Å². The maximum Gasteiger partial charge on any atom is 0.292 e. The van der Waals surface area contributed by atoms with Gasteiger partial charge in [-0.25, -0.2) is 0 Å². The number of para-hydroxylation sites is 3. The van der Waals surface area contributed by atoms with Crippen molar-refractivity contribution in [2.45, 2.75) is 6.54 Å². The van der Waals surface area contributed by atoms with E-state index >= 15 is 0 Å². The second-order valence-electron chi connectivity index (χ2n) is 7.81. The minimum Gasteiger partial charge on any atom is -0.363 e. The second-order valence-corrected chi connectivity index (χ2v) is 7.81. The minimum absolute atomic E-state index is 0.0409. The van der Waals surface area contributed by atoms with Crippen molar-refractivity contribution in [1.82, 2.24) is 4.90 Å². The lowest BCUT2D eigenvalue weighted by atomic mass is 10.2. The average molecular weight is 431 g/mol. The van der Waals surface area contributed by atoms with Crippen LogP contribution in [0.15, 0.2) is 84.9 Å². The molecule has 1 aliphatic rings. The number of nitro groups is 1. The van der Waals surface area contributed by atoms with E-state index in [1.165, 1.54) is 6.07 Å². The maximum absolute atomic E-state index is 13.3. The number of hydrogen-bond donors (Lipinski definition) is 0. The highest BCUT2D eigenvalue weighted by atomic mass is 16.6. The number of nitrogens with zero attached hydrogens (tertiary/aromatic N) is 4. The third-order valence-electron chi connectivity index (χ3n) is 5.70. The van der Waals surface area contributed by atoms with Crippen molar-refractivity contribution in [2.24, 2.45) is 0 Å². The van der Waals surface area contributed by atoms with Gasteiger partial charge in [-0.15, -0.1) is 0 Å². The van der Waals surface area contributed by atoms with Gasteiger partial charge in [-0.1, -0.05) is 60.7 Å². The predicted octanol–water partition coefficient (Wildman–Crippen LogP) is 3.95. The molecule has 1 fully saturated rings. The number of hydrogen-bond acceptors (Lipinski definition) is 5. The van der Waals surface area contributed by atoms with E-state index in [0.717, 1.165) is 11.3 Å². The van der Waals surface area contributed by atoms with Gasteiger partial charge in [0, 0.05) is 37.9 Å². The summed E-state index contributed by atoms with van der Waals surface area (Å²) in [7, 11) is 0. The summed E-state index contributed by atoms with van der Waals surface area (Å²) in [4.78, 5) is 30.3. The molecule has 164 valence electrons. The molecule has 3 aromatic rings. The zero-order chi connectivity index (χ0) is 22.3. The molecule has 1 aliphatic heterocycles. The summed E-state index contributed by atoms with van der Waals surface area (Å²) in [5, 5.41) is 11.4. The van der Waals surface area contributed by atoms with Crippen molar-refractivity contribution < 1.29 is 9.72 Å². The SMILES string of the molecule is O=C(CN1CCN(c2ccccc2[N+](=O)[O-])CC1)N(Cc1ccccc1)c1ccccc1. The molecule has 0 N–H and O–H groups in total. The van der Waals surface area contributed by atoms with Crippen LogP contribution in [-0.2, 0) is 11.3 Å². The van der Waals surface area contributed by atoms with E-state index in [-0.39, 0.29) is 16.5 Å². The van der Waals surface area contributed by atoms with Gasteiger partial charge in [-0.2, -0.15) is 0 Å². The van der Waals surface area contributed by atoms with E-state index in [4.69, 9.17) is 0 Å². The molecule has 0 spiro atoms. The van der Waals surface area contributed by atoms with Crippen LogP contribution in [0, 0.1) is 10.1 Å². The number of benzene rings is 3. The second kappa shape index (κ2) is 10.1. The van der Waals surface area contributed by atoms with Crippen LogP contribution in [0.5, 0.6) is 0 Å². The fourth-order valence-corrected chi connectivity index (χ4v) is 4.01. The topological polar surface area (TPSA) is 69.9 Å². The van der Waals surface area contributed by atoms with Crippen LogP contribution in [0.25, 0.3) is 0 Å². The molecule has 1 amide bonds. The highest BCUT2D eigenvalue weighted by Gasteiger charge is 2.26. The molecular formula is C25H26N4O3. The Morgan fingerprint density at radius 3 is 2.09 bits per heavy atom. The molecule has 0 aliphatic carbocycles. The van der Waals surface area contributed by atoms with Gasteiger partial charge >= 0.3 is 0 Å². The van der Waals surface area contributed by atoms with Crippen molar-refractivity contribution in [2.75, 3.05) is 42.5 Å². The Balaban J connectivity index is 1.42. The molecule has 0 bridgehead atoms. The van der Waals surface area contributed by atoms with Crippen molar-refractivity contribution in [3.05, 3.63) is 101 Å². The fourth-order valence-electron chi connectivity index (χ4n) is 4.01. The van der Waals surface area contributed by atoms with Gasteiger partial charge in [0.05, 0.1) is 18.0 Å². The van der Waals surface area contributed by atoms with Crippen LogP contribution in [0.1, 0.15) is 5.56 Å². The summed E-state index contributed by atoms with van der Waals surface area (Å²) < 4.78 is 0. The number of piperazine rings is 1. The number of anilines is 2. The number of rotatable bonds is 7. The largest absolute Gasteiger partial charge is 0.363 e. The van der Waals surface area contributed by atoms with E-state index in [1.807, 2.05) is 76.5 Å². The monoisotopic (exact) mass is 430 g/mol. The summed E-state index contributed by atoms with van der Waals surface area (Å²) in [5.74, 6) is 0.0409. The Hall–Kier alpha value is -3.71. The van der Waals surface area contributed by atoms with Gasteiger partial charge in [0.15, 0.2) is 0 Å². The van der Waals surface area contributed by atoms with Crippen molar-refractivity contribution in [3.8, 4) is 0 Å². The van der Waals surface area contributed by atoms with Gasteiger partial charge in [0.2, 0.25) is 5.91 Å². The molecule has 32 heavy (non-hydrogen) atoms. The van der Waals surface area contributed by atoms with Gasteiger partial charge in [0.25, 0.3) is 5.69 Å². The predicted molar refractivity (Wildman–Crippen MR) is 126 cm³/mol. The van der Waals surface area contributed by atoms with Crippen LogP contribution in [0.4, 0.5) is 17.1 Å². The van der Waals surface area contributed by atoms with E-state index in [1.54, 1.807) is 12.1 Å². The quantitative estimate of drug-likeness (QED) is 0.419. The molecule has 0 radical (unpaired) electrons. The number of amides is 1. The molecule has 4 rings (SSSR count). The summed E-state index contributed by atoms with van der Waals surface area (Å²) in [5.41, 5.74) is 2.71. The third-order valence-corrected chi connectivity index (χ3v) is 5.70. The average Bonchev–Trinajstić information content (AvgIpc) is 2.84. The van der Waals surface area contributed by atoms with E-state index < -0.39 is 0 Å². The molecule has 0 unspecified atom stereocenters. The minimum atomic E-state index is -0.341. The molecule has 1 heterocycles. The summed E-state index contributed by atoms with van der Waals surface area (Å²) in [6.45, 7) is 3.45. The standard InChI is InChI=1S/C25H26N4O3/c30-25(28(22-11-5-2-6-12-22)19-21-9-3-1-4-10-21)20-26-15-17-27(18-16-26)23-13-7-8-14-24(23)29(31)32/h1-14H,15-20H2. The summed E-state index contributed by atoms with van der Waals surface area (Å²) >= 11 is 0. The molecule has 7 nitrogen and oxygen atoms in total. The van der Waals surface area contributed by atoms with Gasteiger partial charge < -0.3 is 9.80 Å². The first-order valence-corrected chi connectivity index (χ1v) is 10.7. The normalized spacial score (nSPS) is 14.2. The van der Waals surface area contributed by atoms with Crippen molar-refractivity contribution in [3.63, 3.8) is 0 Å². The number of carbonyl (C=O) groups is 1. The summed E-state index contributed by atoms with van der Waals surface area (Å²) in [6.07, 6.45) is 0. The van der Waals surface area contributed by atoms with Gasteiger partial charge in [0.1, 0.15) is 5.69 Å². The molecule has 3 aromatic carbocycles.